The van der Waals surface area contributed by atoms with Crippen LogP contribution in [0.3, 0.4) is 0 Å². The highest BCUT2D eigenvalue weighted by atomic mass is 16.7. The molecule has 0 bridgehead atoms. The highest BCUT2D eigenvalue weighted by Gasteiger charge is 2.51. The van der Waals surface area contributed by atoms with Crippen LogP contribution in [0.4, 0.5) is 0 Å². The zero-order valence-electron chi connectivity index (χ0n) is 18.4. The summed E-state index contributed by atoms with van der Waals surface area (Å²) in [7, 11) is 0. The summed E-state index contributed by atoms with van der Waals surface area (Å²) in [4.78, 5) is 11.8. The Hall–Kier alpha value is -0.930. The lowest BCUT2D eigenvalue weighted by Crippen LogP contribution is -2.68. The molecule has 0 aliphatic carbocycles. The third-order valence-corrected chi connectivity index (χ3v) is 5.64. The quantitative estimate of drug-likeness (QED) is 0.157. The summed E-state index contributed by atoms with van der Waals surface area (Å²) in [5.41, 5.74) is 0. The second-order valence-corrected chi connectivity index (χ2v) is 8.17. The minimum atomic E-state index is -1.71. The molecule has 2 saturated heterocycles. The summed E-state index contributed by atoms with van der Waals surface area (Å²) in [6, 6.07) is -1.04. The fourth-order valence-corrected chi connectivity index (χ4v) is 3.82. The molecule has 1 amide bonds. The molecule has 10 atom stereocenters. The van der Waals surface area contributed by atoms with Crippen LogP contribution in [0.5, 0.6) is 0 Å². The Kier molecular flexibility index (Phi) is 11.2. The van der Waals surface area contributed by atoms with Gasteiger partial charge in [-0.15, -0.1) is 0 Å². The van der Waals surface area contributed by atoms with E-state index in [2.05, 4.69) is 12.2 Å². The first-order valence-electron chi connectivity index (χ1n) is 11.0. The molecule has 2 rings (SSSR count). The number of unbranched alkanes of at least 4 members (excludes halogenated alkanes) is 3. The topological polar surface area (TPSA) is 187 Å². The van der Waals surface area contributed by atoms with E-state index in [1.807, 2.05) is 0 Å². The van der Waals surface area contributed by atoms with E-state index < -0.39 is 80.5 Å². The number of carbonyl (C=O) groups excluding carboxylic acids is 1. The van der Waals surface area contributed by atoms with Crippen molar-refractivity contribution in [3.63, 3.8) is 0 Å². The first-order chi connectivity index (χ1) is 15.2. The Morgan fingerprint density at radius 3 is 2.09 bits per heavy atom. The first-order valence-corrected chi connectivity index (χ1v) is 11.0. The lowest BCUT2D eigenvalue weighted by Gasteiger charge is -2.47. The minimum Gasteiger partial charge on any atom is -0.394 e. The van der Waals surface area contributed by atoms with Gasteiger partial charge >= 0.3 is 0 Å². The number of hydrogen-bond donors (Lipinski definition) is 7. The van der Waals surface area contributed by atoms with Gasteiger partial charge in [-0.2, -0.15) is 0 Å². The molecule has 32 heavy (non-hydrogen) atoms. The number of ether oxygens (including phenoxy) is 4. The van der Waals surface area contributed by atoms with Gasteiger partial charge in [0, 0.05) is 13.5 Å². The second kappa shape index (κ2) is 13.1. The monoisotopic (exact) mass is 467 g/mol. The molecule has 0 aromatic heterocycles. The minimum absolute atomic E-state index is 0.307. The van der Waals surface area contributed by atoms with E-state index in [-0.39, 0.29) is 0 Å². The number of rotatable bonds is 11. The summed E-state index contributed by atoms with van der Waals surface area (Å²) in [5.74, 6) is -0.463. The smallest absolute Gasteiger partial charge is 0.217 e. The Morgan fingerprint density at radius 2 is 1.50 bits per heavy atom. The SMILES string of the molecule is CCCCCCO[C@H]1O[C@H](CO)[C@H](O)[C@H](O[C@@H]2O[C@H](CO)[C@H](O)[C@H](O)[C@H]2O)[C@H]1NC(C)=O. The Labute approximate surface area is 187 Å². The van der Waals surface area contributed by atoms with Crippen molar-refractivity contribution in [1.82, 2.24) is 5.32 Å². The number of aliphatic hydroxyl groups excluding tert-OH is 6. The van der Waals surface area contributed by atoms with E-state index in [0.717, 1.165) is 25.7 Å². The van der Waals surface area contributed by atoms with E-state index in [4.69, 9.17) is 18.9 Å². The van der Waals surface area contributed by atoms with Crippen molar-refractivity contribution in [2.45, 2.75) is 101 Å². The molecule has 0 aromatic rings. The van der Waals surface area contributed by atoms with Gasteiger partial charge < -0.3 is 54.9 Å². The molecule has 7 N–H and O–H groups in total. The van der Waals surface area contributed by atoms with Crippen molar-refractivity contribution in [3.8, 4) is 0 Å². The highest BCUT2D eigenvalue weighted by molar-refractivity contribution is 5.73. The molecule has 0 saturated carbocycles. The van der Waals surface area contributed by atoms with Crippen LogP contribution >= 0.6 is 0 Å². The normalized spacial score (nSPS) is 40.2. The molecule has 0 unspecified atom stereocenters. The molecular formula is C20H37NO11. The molecule has 2 aliphatic heterocycles. The van der Waals surface area contributed by atoms with Crippen molar-refractivity contribution in [3.05, 3.63) is 0 Å². The average Bonchev–Trinajstić information content (AvgIpc) is 2.76. The maximum Gasteiger partial charge on any atom is 0.217 e. The third-order valence-electron chi connectivity index (χ3n) is 5.64. The van der Waals surface area contributed by atoms with E-state index in [1.165, 1.54) is 6.92 Å². The molecule has 12 heteroatoms. The van der Waals surface area contributed by atoms with Crippen molar-refractivity contribution in [2.24, 2.45) is 0 Å². The fourth-order valence-electron chi connectivity index (χ4n) is 3.82. The van der Waals surface area contributed by atoms with Crippen molar-refractivity contribution in [1.29, 1.82) is 0 Å². The van der Waals surface area contributed by atoms with Crippen molar-refractivity contribution < 1.29 is 54.4 Å². The number of hydrogen-bond acceptors (Lipinski definition) is 11. The maximum absolute atomic E-state index is 11.8. The van der Waals surface area contributed by atoms with Gasteiger partial charge in [0.2, 0.25) is 5.91 Å². The molecular weight excluding hydrogens is 430 g/mol. The molecule has 188 valence electrons. The van der Waals surface area contributed by atoms with E-state index in [9.17, 15) is 35.4 Å². The predicted octanol–water partition coefficient (Wildman–Crippen LogP) is -2.65. The van der Waals surface area contributed by atoms with Gasteiger partial charge in [0.25, 0.3) is 0 Å². The van der Waals surface area contributed by atoms with Crippen LogP contribution in [0.1, 0.15) is 39.5 Å². The number of carbonyl (C=O) groups is 1. The van der Waals surface area contributed by atoms with Gasteiger partial charge in [-0.1, -0.05) is 26.2 Å². The van der Waals surface area contributed by atoms with Crippen LogP contribution in [0.15, 0.2) is 0 Å². The zero-order chi connectivity index (χ0) is 23.8. The van der Waals surface area contributed by atoms with Gasteiger partial charge in [-0.25, -0.2) is 0 Å². The molecule has 0 aromatic carbocycles. The molecule has 2 aliphatic rings. The van der Waals surface area contributed by atoms with E-state index >= 15 is 0 Å². The Balaban J connectivity index is 2.19. The summed E-state index contributed by atoms with van der Waals surface area (Å²) in [6.07, 6.45) is -8.89. The fraction of sp³-hybridized carbons (Fsp3) is 0.950. The summed E-state index contributed by atoms with van der Waals surface area (Å²) in [6.45, 7) is 2.42. The average molecular weight is 468 g/mol. The molecule has 0 spiro atoms. The first kappa shape index (κ1) is 27.3. The van der Waals surface area contributed by atoms with Crippen LogP contribution in [0.2, 0.25) is 0 Å². The number of amides is 1. The Bertz CT molecular complexity index is 566. The molecule has 2 fully saturated rings. The van der Waals surface area contributed by atoms with Crippen LogP contribution < -0.4 is 5.32 Å². The van der Waals surface area contributed by atoms with E-state index in [0.29, 0.717) is 6.61 Å². The summed E-state index contributed by atoms with van der Waals surface area (Å²) in [5, 5.41) is 62.6. The largest absolute Gasteiger partial charge is 0.394 e. The number of aliphatic hydroxyl groups is 6. The lowest BCUT2D eigenvalue weighted by atomic mass is 9.95. The second-order valence-electron chi connectivity index (χ2n) is 8.17. The molecule has 0 radical (unpaired) electrons. The Morgan fingerprint density at radius 1 is 0.875 bits per heavy atom. The van der Waals surface area contributed by atoms with Crippen LogP contribution in [0.25, 0.3) is 0 Å². The number of nitrogens with one attached hydrogen (secondary N) is 1. The highest BCUT2D eigenvalue weighted by Crippen LogP contribution is 2.29. The van der Waals surface area contributed by atoms with Gasteiger partial charge in [0.05, 0.1) is 13.2 Å². The summed E-state index contributed by atoms with van der Waals surface area (Å²) >= 11 is 0. The maximum atomic E-state index is 11.8. The van der Waals surface area contributed by atoms with Gasteiger partial charge in [0.15, 0.2) is 12.6 Å². The van der Waals surface area contributed by atoms with Gasteiger partial charge in [0.1, 0.15) is 48.8 Å². The van der Waals surface area contributed by atoms with Gasteiger partial charge in [-0.05, 0) is 6.42 Å². The molecule has 12 nitrogen and oxygen atoms in total. The van der Waals surface area contributed by atoms with Crippen LogP contribution in [-0.2, 0) is 23.7 Å². The van der Waals surface area contributed by atoms with Gasteiger partial charge in [-0.3, -0.25) is 4.79 Å². The van der Waals surface area contributed by atoms with E-state index in [1.54, 1.807) is 0 Å². The van der Waals surface area contributed by atoms with Crippen LogP contribution in [-0.4, -0.2) is 118 Å². The standard InChI is InChI=1S/C20H37NO11/c1-3-4-5-6-7-29-19-13(21-10(2)24)18(15(26)12(9-23)30-19)32-20-17(28)16(27)14(25)11(8-22)31-20/h11-20,22-23,25-28H,3-9H2,1-2H3,(H,21,24)/t11-,12-,13-,14+,15+,16+,17-,18-,19+,20+/m1/s1. The van der Waals surface area contributed by atoms with Crippen molar-refractivity contribution in [2.75, 3.05) is 19.8 Å². The van der Waals surface area contributed by atoms with Crippen LogP contribution in [0, 0.1) is 0 Å². The third kappa shape index (κ3) is 6.79. The zero-order valence-corrected chi connectivity index (χ0v) is 18.4. The lowest BCUT2D eigenvalue weighted by molar-refractivity contribution is -0.344. The summed E-state index contributed by atoms with van der Waals surface area (Å²) < 4.78 is 22.5. The molecule has 2 heterocycles. The van der Waals surface area contributed by atoms with Crippen molar-refractivity contribution >= 4 is 5.91 Å². The predicted molar refractivity (Wildman–Crippen MR) is 108 cm³/mol.